The van der Waals surface area contributed by atoms with Crippen molar-refractivity contribution in [1.29, 1.82) is 0 Å². The van der Waals surface area contributed by atoms with Gasteiger partial charge in [-0.15, -0.1) is 11.8 Å². The molecule has 1 N–H and O–H groups in total. The minimum atomic E-state index is 0.258. The minimum Gasteiger partial charge on any atom is -0.308 e. The molecule has 0 amide bonds. The number of pyridine rings is 1. The van der Waals surface area contributed by atoms with E-state index < -0.39 is 0 Å². The van der Waals surface area contributed by atoms with Gasteiger partial charge in [-0.25, -0.2) is 0 Å². The first-order chi connectivity index (χ1) is 6.88. The van der Waals surface area contributed by atoms with Gasteiger partial charge in [-0.05, 0) is 25.6 Å². The first-order valence-electron chi connectivity index (χ1n) is 4.92. The van der Waals surface area contributed by atoms with Crippen LogP contribution in [0.4, 0.5) is 0 Å². The molecule has 0 aliphatic carbocycles. The Balaban J connectivity index is 2.70. The number of nitrogens with zero attached hydrogens (tertiary/aromatic N) is 1. The lowest BCUT2D eigenvalue weighted by Gasteiger charge is -2.13. The molecule has 0 aliphatic heterocycles. The van der Waals surface area contributed by atoms with Crippen LogP contribution in [0.2, 0.25) is 0 Å². The van der Waals surface area contributed by atoms with Crippen LogP contribution in [0.1, 0.15) is 32.0 Å². The zero-order chi connectivity index (χ0) is 10.2. The highest BCUT2D eigenvalue weighted by atomic mass is 14.9. The van der Waals surface area contributed by atoms with Crippen molar-refractivity contribution in [1.82, 2.24) is 10.3 Å². The molecule has 2 heteroatoms. The molecule has 1 atom stereocenters. The van der Waals surface area contributed by atoms with Gasteiger partial charge >= 0.3 is 0 Å². The fourth-order valence-electron chi connectivity index (χ4n) is 1.31. The highest BCUT2D eigenvalue weighted by Gasteiger charge is 2.08. The van der Waals surface area contributed by atoms with Crippen LogP contribution >= 0.6 is 0 Å². The summed E-state index contributed by atoms with van der Waals surface area (Å²) in [5.74, 6) is 5.99. The van der Waals surface area contributed by atoms with Gasteiger partial charge in [0, 0.05) is 12.6 Å². The van der Waals surface area contributed by atoms with Crippen LogP contribution in [0.3, 0.4) is 0 Å². The standard InChI is InChI=1S/C12H16N2/c1-3-5-8-11(13-4-2)12-9-6-7-10-14-12/h6-7,9-11,13H,4,8H2,1-2H3. The Morgan fingerprint density at radius 2 is 2.36 bits per heavy atom. The molecule has 0 spiro atoms. The quantitative estimate of drug-likeness (QED) is 0.732. The molecule has 0 saturated carbocycles. The van der Waals surface area contributed by atoms with Crippen LogP contribution in [0.5, 0.6) is 0 Å². The second kappa shape index (κ2) is 6.17. The summed E-state index contributed by atoms with van der Waals surface area (Å²) in [4.78, 5) is 4.32. The molecule has 0 saturated heterocycles. The molecule has 1 heterocycles. The number of hydrogen-bond donors (Lipinski definition) is 1. The van der Waals surface area contributed by atoms with Crippen molar-refractivity contribution in [3.05, 3.63) is 30.1 Å². The fourth-order valence-corrected chi connectivity index (χ4v) is 1.31. The Kier molecular flexibility index (Phi) is 4.74. The van der Waals surface area contributed by atoms with Crippen molar-refractivity contribution in [3.8, 4) is 11.8 Å². The van der Waals surface area contributed by atoms with Gasteiger partial charge in [-0.2, -0.15) is 0 Å². The van der Waals surface area contributed by atoms with E-state index in [0.717, 1.165) is 18.7 Å². The van der Waals surface area contributed by atoms with Crippen molar-refractivity contribution in [3.63, 3.8) is 0 Å². The molecule has 0 aromatic carbocycles. The minimum absolute atomic E-state index is 0.258. The number of hydrogen-bond acceptors (Lipinski definition) is 2. The van der Waals surface area contributed by atoms with Crippen molar-refractivity contribution in [2.75, 3.05) is 6.54 Å². The Morgan fingerprint density at radius 1 is 1.50 bits per heavy atom. The van der Waals surface area contributed by atoms with Gasteiger partial charge < -0.3 is 5.32 Å². The molecule has 0 bridgehead atoms. The van der Waals surface area contributed by atoms with Crippen molar-refractivity contribution in [2.45, 2.75) is 26.3 Å². The molecule has 1 aromatic rings. The number of nitrogens with one attached hydrogen (secondary N) is 1. The third kappa shape index (κ3) is 3.20. The van der Waals surface area contributed by atoms with E-state index in [1.54, 1.807) is 0 Å². The van der Waals surface area contributed by atoms with Gasteiger partial charge in [0.2, 0.25) is 0 Å². The Hall–Kier alpha value is -1.33. The topological polar surface area (TPSA) is 24.9 Å². The normalized spacial score (nSPS) is 11.6. The van der Waals surface area contributed by atoms with Gasteiger partial charge in [-0.3, -0.25) is 4.98 Å². The van der Waals surface area contributed by atoms with Gasteiger partial charge in [-0.1, -0.05) is 13.0 Å². The molecule has 1 rings (SSSR count). The SMILES string of the molecule is CC#CCC(NCC)c1ccccn1. The fraction of sp³-hybridized carbons (Fsp3) is 0.417. The summed E-state index contributed by atoms with van der Waals surface area (Å²) >= 11 is 0. The van der Waals surface area contributed by atoms with E-state index in [9.17, 15) is 0 Å². The van der Waals surface area contributed by atoms with Gasteiger partial charge in [0.25, 0.3) is 0 Å². The predicted octanol–water partition coefficient (Wildman–Crippen LogP) is 2.15. The maximum Gasteiger partial charge on any atom is 0.0605 e. The first kappa shape index (κ1) is 10.7. The van der Waals surface area contributed by atoms with E-state index in [1.165, 1.54) is 0 Å². The Morgan fingerprint density at radius 3 is 2.93 bits per heavy atom. The van der Waals surface area contributed by atoms with Gasteiger partial charge in [0.1, 0.15) is 0 Å². The maximum absolute atomic E-state index is 4.32. The van der Waals surface area contributed by atoms with E-state index in [2.05, 4.69) is 29.1 Å². The lowest BCUT2D eigenvalue weighted by Crippen LogP contribution is -2.21. The van der Waals surface area contributed by atoms with Crippen LogP contribution in [0, 0.1) is 11.8 Å². The third-order valence-electron chi connectivity index (χ3n) is 1.98. The van der Waals surface area contributed by atoms with E-state index in [-0.39, 0.29) is 6.04 Å². The van der Waals surface area contributed by atoms with Crippen LogP contribution in [-0.4, -0.2) is 11.5 Å². The van der Waals surface area contributed by atoms with Gasteiger partial charge in [0.05, 0.1) is 11.7 Å². The summed E-state index contributed by atoms with van der Waals surface area (Å²) in [6.45, 7) is 4.89. The highest BCUT2D eigenvalue weighted by molar-refractivity contribution is 5.12. The molecule has 2 nitrogen and oxygen atoms in total. The molecular formula is C12H16N2. The summed E-state index contributed by atoms with van der Waals surface area (Å²) in [6, 6.07) is 6.22. The van der Waals surface area contributed by atoms with Crippen molar-refractivity contribution < 1.29 is 0 Å². The third-order valence-corrected chi connectivity index (χ3v) is 1.98. The van der Waals surface area contributed by atoms with E-state index in [4.69, 9.17) is 0 Å². The molecular weight excluding hydrogens is 172 g/mol. The monoisotopic (exact) mass is 188 g/mol. The second-order valence-corrected chi connectivity index (χ2v) is 3.00. The lowest BCUT2D eigenvalue weighted by atomic mass is 10.1. The predicted molar refractivity (Wildman–Crippen MR) is 58.7 cm³/mol. The van der Waals surface area contributed by atoms with Crippen LogP contribution in [0.25, 0.3) is 0 Å². The largest absolute Gasteiger partial charge is 0.308 e. The van der Waals surface area contributed by atoms with Crippen LogP contribution in [0.15, 0.2) is 24.4 Å². The summed E-state index contributed by atoms with van der Waals surface area (Å²) in [6.07, 6.45) is 2.64. The van der Waals surface area contributed by atoms with Crippen molar-refractivity contribution >= 4 is 0 Å². The summed E-state index contributed by atoms with van der Waals surface area (Å²) in [7, 11) is 0. The molecule has 1 aromatic heterocycles. The smallest absolute Gasteiger partial charge is 0.0605 e. The zero-order valence-electron chi connectivity index (χ0n) is 8.75. The molecule has 0 fully saturated rings. The Bertz CT molecular complexity index is 308. The lowest BCUT2D eigenvalue weighted by molar-refractivity contribution is 0.551. The van der Waals surface area contributed by atoms with Crippen molar-refractivity contribution in [2.24, 2.45) is 0 Å². The first-order valence-corrected chi connectivity index (χ1v) is 4.92. The van der Waals surface area contributed by atoms with Crippen LogP contribution in [-0.2, 0) is 0 Å². The van der Waals surface area contributed by atoms with Gasteiger partial charge in [0.15, 0.2) is 0 Å². The van der Waals surface area contributed by atoms with Crippen LogP contribution < -0.4 is 5.32 Å². The highest BCUT2D eigenvalue weighted by Crippen LogP contribution is 2.12. The molecule has 74 valence electrons. The Labute approximate surface area is 85.8 Å². The van der Waals surface area contributed by atoms with E-state index >= 15 is 0 Å². The molecule has 1 unspecified atom stereocenters. The summed E-state index contributed by atoms with van der Waals surface area (Å²) in [5, 5.41) is 3.37. The molecule has 0 radical (unpaired) electrons. The molecule has 14 heavy (non-hydrogen) atoms. The molecule has 0 aliphatic rings. The average Bonchev–Trinajstić information content (AvgIpc) is 2.25. The maximum atomic E-state index is 4.32. The van der Waals surface area contributed by atoms with E-state index in [0.29, 0.717) is 0 Å². The van der Waals surface area contributed by atoms with E-state index in [1.807, 2.05) is 31.3 Å². The average molecular weight is 188 g/mol. The number of aromatic nitrogens is 1. The summed E-state index contributed by atoms with van der Waals surface area (Å²) < 4.78 is 0. The summed E-state index contributed by atoms with van der Waals surface area (Å²) in [5.41, 5.74) is 1.07. The zero-order valence-corrected chi connectivity index (χ0v) is 8.75. The second-order valence-electron chi connectivity index (χ2n) is 3.00. The number of rotatable bonds is 4.